The molecule has 2 N–H and O–H groups in total. The van der Waals surface area contributed by atoms with E-state index in [1.807, 2.05) is 6.07 Å². The summed E-state index contributed by atoms with van der Waals surface area (Å²) in [5.41, 5.74) is 4.63. The number of hydrogen-bond acceptors (Lipinski definition) is 4. The topological polar surface area (TPSA) is 45.7 Å². The molecule has 0 aliphatic carbocycles. The molecule has 1 saturated heterocycles. The molecule has 0 radical (unpaired) electrons. The van der Waals surface area contributed by atoms with Gasteiger partial charge in [0.2, 0.25) is 0 Å². The molecule has 136 valence electrons. The van der Waals surface area contributed by atoms with Gasteiger partial charge in [0.15, 0.2) is 0 Å². The Morgan fingerprint density at radius 2 is 1.92 bits per heavy atom. The Labute approximate surface area is 155 Å². The number of amidine groups is 1. The van der Waals surface area contributed by atoms with Crippen molar-refractivity contribution in [3.8, 4) is 0 Å². The lowest BCUT2D eigenvalue weighted by Crippen LogP contribution is -2.56. The molecule has 2 aliphatic rings. The van der Waals surface area contributed by atoms with Crippen molar-refractivity contribution in [2.75, 3.05) is 18.5 Å². The van der Waals surface area contributed by atoms with Crippen LogP contribution < -0.4 is 10.6 Å². The van der Waals surface area contributed by atoms with Gasteiger partial charge < -0.3 is 15.4 Å². The number of nitrogens with one attached hydrogen (secondary N) is 2. The molecule has 0 saturated carbocycles. The third-order valence-corrected chi connectivity index (χ3v) is 5.39. The number of para-hydroxylation sites is 2. The van der Waals surface area contributed by atoms with Crippen molar-refractivity contribution in [2.24, 2.45) is 4.99 Å². The summed E-state index contributed by atoms with van der Waals surface area (Å²) < 4.78 is 5.62. The van der Waals surface area contributed by atoms with E-state index in [2.05, 4.69) is 66.9 Å². The Hall–Kier alpha value is -2.33. The molecule has 4 rings (SSSR count). The highest BCUT2D eigenvalue weighted by Crippen LogP contribution is 2.37. The molecule has 2 aromatic carbocycles. The zero-order valence-corrected chi connectivity index (χ0v) is 15.6. The third-order valence-electron chi connectivity index (χ3n) is 5.39. The predicted octanol–water partition coefficient (Wildman–Crippen LogP) is 4.60. The molecule has 0 unspecified atom stereocenters. The molecule has 4 nitrogen and oxygen atoms in total. The van der Waals surface area contributed by atoms with Crippen LogP contribution in [0.4, 0.5) is 11.4 Å². The van der Waals surface area contributed by atoms with E-state index in [1.165, 1.54) is 11.1 Å². The van der Waals surface area contributed by atoms with Gasteiger partial charge in [-0.15, -0.1) is 0 Å². The zero-order chi connectivity index (χ0) is 18.0. The molecule has 1 fully saturated rings. The summed E-state index contributed by atoms with van der Waals surface area (Å²) in [6.07, 6.45) is 1.86. The number of rotatable bonds is 3. The summed E-state index contributed by atoms with van der Waals surface area (Å²) >= 11 is 0. The lowest BCUT2D eigenvalue weighted by Gasteiger charge is -2.42. The van der Waals surface area contributed by atoms with Crippen LogP contribution in [0.15, 0.2) is 53.5 Å². The Balaban J connectivity index is 1.60. The van der Waals surface area contributed by atoms with Gasteiger partial charge in [-0.2, -0.15) is 0 Å². The first kappa shape index (κ1) is 17.1. The van der Waals surface area contributed by atoms with Gasteiger partial charge in [-0.1, -0.05) is 50.2 Å². The van der Waals surface area contributed by atoms with E-state index in [4.69, 9.17) is 9.73 Å². The fourth-order valence-corrected chi connectivity index (χ4v) is 3.76. The van der Waals surface area contributed by atoms with Crippen LogP contribution in [0.1, 0.15) is 43.7 Å². The first-order valence-corrected chi connectivity index (χ1v) is 9.53. The summed E-state index contributed by atoms with van der Waals surface area (Å²) in [4.78, 5) is 4.98. The van der Waals surface area contributed by atoms with Crippen LogP contribution in [0.3, 0.4) is 0 Å². The monoisotopic (exact) mass is 349 g/mol. The van der Waals surface area contributed by atoms with Crippen LogP contribution in [0, 0.1) is 0 Å². The Kier molecular flexibility index (Phi) is 4.68. The summed E-state index contributed by atoms with van der Waals surface area (Å²) in [7, 11) is 0. The largest absolute Gasteiger partial charge is 0.381 e. The van der Waals surface area contributed by atoms with E-state index in [-0.39, 0.29) is 5.54 Å². The maximum absolute atomic E-state index is 5.62. The number of aliphatic imine (C=N–C) groups is 1. The Bertz CT molecular complexity index is 807. The lowest BCUT2D eigenvalue weighted by molar-refractivity contribution is 0.0771. The minimum atomic E-state index is -0.151. The van der Waals surface area contributed by atoms with E-state index in [0.29, 0.717) is 5.92 Å². The fraction of sp³-hybridized carbons (Fsp3) is 0.409. The van der Waals surface area contributed by atoms with Gasteiger partial charge >= 0.3 is 0 Å². The number of nitrogens with zero attached hydrogens (tertiary/aromatic N) is 1. The summed E-state index contributed by atoms with van der Waals surface area (Å²) in [5, 5.41) is 7.39. The molecule has 0 bridgehead atoms. The number of ether oxygens (including phenoxy) is 1. The molecule has 2 heterocycles. The van der Waals surface area contributed by atoms with Crippen molar-refractivity contribution in [1.82, 2.24) is 5.32 Å². The maximum Gasteiger partial charge on any atom is 0.129 e. The first-order valence-electron chi connectivity index (χ1n) is 9.53. The molecule has 2 aromatic rings. The van der Waals surface area contributed by atoms with Crippen LogP contribution in [0.5, 0.6) is 0 Å². The van der Waals surface area contributed by atoms with Crippen molar-refractivity contribution >= 4 is 17.2 Å². The van der Waals surface area contributed by atoms with Gasteiger partial charge in [0, 0.05) is 32.6 Å². The number of benzene rings is 2. The smallest absolute Gasteiger partial charge is 0.129 e. The van der Waals surface area contributed by atoms with Crippen molar-refractivity contribution in [3.05, 3.63) is 59.7 Å². The highest BCUT2D eigenvalue weighted by molar-refractivity contribution is 6.00. The fourth-order valence-electron chi connectivity index (χ4n) is 3.76. The van der Waals surface area contributed by atoms with Gasteiger partial charge in [-0.05, 0) is 29.2 Å². The number of fused-ring (bicyclic) bond motifs is 1. The number of hydrogen-bond donors (Lipinski definition) is 2. The van der Waals surface area contributed by atoms with Crippen molar-refractivity contribution < 1.29 is 4.74 Å². The van der Waals surface area contributed by atoms with Crippen LogP contribution in [0.2, 0.25) is 0 Å². The van der Waals surface area contributed by atoms with Crippen LogP contribution in [-0.4, -0.2) is 24.6 Å². The highest BCUT2D eigenvalue weighted by Gasteiger charge is 2.40. The molecular formula is C22H27N3O. The van der Waals surface area contributed by atoms with Gasteiger partial charge in [-0.3, -0.25) is 0 Å². The van der Waals surface area contributed by atoms with Crippen molar-refractivity contribution in [2.45, 2.75) is 44.7 Å². The second-order valence-electron chi connectivity index (χ2n) is 7.55. The molecule has 4 heteroatoms. The predicted molar refractivity (Wildman–Crippen MR) is 107 cm³/mol. The van der Waals surface area contributed by atoms with E-state index >= 15 is 0 Å². The molecule has 0 aromatic heterocycles. The SMILES string of the molecule is CC(C)c1cccc(CNC2=Nc3ccccc3NC23CCOCC3)c1. The van der Waals surface area contributed by atoms with E-state index in [9.17, 15) is 0 Å². The summed E-state index contributed by atoms with van der Waals surface area (Å²) in [6, 6.07) is 17.1. The average Bonchev–Trinajstić information content (AvgIpc) is 2.67. The highest BCUT2D eigenvalue weighted by atomic mass is 16.5. The van der Waals surface area contributed by atoms with Gasteiger partial charge in [-0.25, -0.2) is 4.99 Å². The Morgan fingerprint density at radius 1 is 1.12 bits per heavy atom. The third kappa shape index (κ3) is 3.34. The molecule has 2 aliphatic heterocycles. The van der Waals surface area contributed by atoms with Gasteiger partial charge in [0.05, 0.1) is 16.9 Å². The van der Waals surface area contributed by atoms with Crippen molar-refractivity contribution in [1.29, 1.82) is 0 Å². The Morgan fingerprint density at radius 3 is 2.73 bits per heavy atom. The van der Waals surface area contributed by atoms with Crippen molar-refractivity contribution in [3.63, 3.8) is 0 Å². The minimum absolute atomic E-state index is 0.151. The molecule has 0 atom stereocenters. The summed E-state index contributed by atoms with van der Waals surface area (Å²) in [5.74, 6) is 1.58. The van der Waals surface area contributed by atoms with E-state index in [1.54, 1.807) is 0 Å². The lowest BCUT2D eigenvalue weighted by atomic mass is 9.86. The van der Waals surface area contributed by atoms with Gasteiger partial charge in [0.1, 0.15) is 5.84 Å². The average molecular weight is 349 g/mol. The van der Waals surface area contributed by atoms with Crippen LogP contribution >= 0.6 is 0 Å². The van der Waals surface area contributed by atoms with E-state index in [0.717, 1.165) is 49.8 Å². The van der Waals surface area contributed by atoms with Crippen LogP contribution in [0.25, 0.3) is 0 Å². The summed E-state index contributed by atoms with van der Waals surface area (Å²) in [6.45, 7) is 6.77. The van der Waals surface area contributed by atoms with Gasteiger partial charge in [0.25, 0.3) is 0 Å². The maximum atomic E-state index is 5.62. The number of anilines is 1. The molecular weight excluding hydrogens is 322 g/mol. The molecule has 0 amide bonds. The second-order valence-corrected chi connectivity index (χ2v) is 7.55. The standard InChI is InChI=1S/C22H27N3O/c1-16(2)18-7-5-6-17(14-18)15-23-21-22(10-12-26-13-11-22)25-20-9-4-3-8-19(20)24-21/h3-9,14,16,25H,10-13,15H2,1-2H3,(H,23,24). The molecule has 26 heavy (non-hydrogen) atoms. The van der Waals surface area contributed by atoms with E-state index < -0.39 is 0 Å². The van der Waals surface area contributed by atoms with Crippen LogP contribution in [-0.2, 0) is 11.3 Å². The normalized spacial score (nSPS) is 18.2. The quantitative estimate of drug-likeness (QED) is 0.851. The second kappa shape index (κ2) is 7.12. The molecule has 1 spiro atoms. The minimum Gasteiger partial charge on any atom is -0.381 e. The first-order chi connectivity index (χ1) is 12.7. The zero-order valence-electron chi connectivity index (χ0n) is 15.6.